The minimum atomic E-state index is -0.139. The molecule has 0 amide bonds. The highest BCUT2D eigenvalue weighted by molar-refractivity contribution is 4.88. The summed E-state index contributed by atoms with van der Waals surface area (Å²) in [6.07, 6.45) is 4.49. The summed E-state index contributed by atoms with van der Waals surface area (Å²) in [5.74, 6) is 0. The Morgan fingerprint density at radius 3 is 2.42 bits per heavy atom. The van der Waals surface area contributed by atoms with Gasteiger partial charge < -0.3 is 10.4 Å². The highest BCUT2D eigenvalue weighted by Gasteiger charge is 2.35. The normalized spacial score (nSPS) is 25.2. The second kappa shape index (κ2) is 4.24. The molecule has 1 fully saturated rings. The van der Waals surface area contributed by atoms with E-state index in [0.717, 1.165) is 25.9 Å². The van der Waals surface area contributed by atoms with Gasteiger partial charge in [0.1, 0.15) is 0 Å². The molecule has 1 aliphatic heterocycles. The van der Waals surface area contributed by atoms with Crippen LogP contribution in [0.2, 0.25) is 0 Å². The van der Waals surface area contributed by atoms with Crippen molar-refractivity contribution in [3.8, 4) is 0 Å². The second-order valence-corrected chi connectivity index (χ2v) is 4.04. The molecule has 1 saturated heterocycles. The minimum absolute atomic E-state index is 0.139. The topological polar surface area (TPSA) is 32.3 Å². The summed E-state index contributed by atoms with van der Waals surface area (Å²) in [7, 11) is 0. The van der Waals surface area contributed by atoms with Gasteiger partial charge in [-0.3, -0.25) is 0 Å². The summed E-state index contributed by atoms with van der Waals surface area (Å²) in [5.41, 5.74) is 0.222. The van der Waals surface area contributed by atoms with E-state index in [4.69, 9.17) is 0 Å². The van der Waals surface area contributed by atoms with E-state index >= 15 is 0 Å². The Morgan fingerprint density at radius 1 is 1.42 bits per heavy atom. The lowest BCUT2D eigenvalue weighted by atomic mass is 9.72. The monoisotopic (exact) mass is 171 g/mol. The van der Waals surface area contributed by atoms with E-state index in [1.54, 1.807) is 0 Å². The van der Waals surface area contributed by atoms with E-state index in [2.05, 4.69) is 12.2 Å². The lowest BCUT2D eigenvalue weighted by Gasteiger charge is -2.40. The number of rotatable bonds is 3. The van der Waals surface area contributed by atoms with Crippen molar-refractivity contribution in [3.05, 3.63) is 0 Å². The van der Waals surface area contributed by atoms with Gasteiger partial charge in [0.05, 0.1) is 6.10 Å². The third-order valence-corrected chi connectivity index (χ3v) is 3.23. The van der Waals surface area contributed by atoms with Crippen LogP contribution in [0.15, 0.2) is 0 Å². The molecule has 0 spiro atoms. The van der Waals surface area contributed by atoms with Crippen LogP contribution in [0.3, 0.4) is 0 Å². The Labute approximate surface area is 75.4 Å². The van der Waals surface area contributed by atoms with Crippen molar-refractivity contribution in [2.24, 2.45) is 5.41 Å². The summed E-state index contributed by atoms with van der Waals surface area (Å²) in [6.45, 7) is 6.29. The van der Waals surface area contributed by atoms with Crippen LogP contribution in [0, 0.1) is 5.41 Å². The Morgan fingerprint density at radius 2 is 2.00 bits per heavy atom. The molecule has 0 aromatic rings. The maximum Gasteiger partial charge on any atom is 0.0569 e. The predicted molar refractivity (Wildman–Crippen MR) is 51.1 cm³/mol. The molecule has 0 aromatic carbocycles. The first-order chi connectivity index (χ1) is 5.71. The Kier molecular flexibility index (Phi) is 3.53. The standard InChI is InChI=1S/C10H21NO/c1-3-4-10(9(2)12)5-7-11-8-6-10/h9,11-12H,3-8H2,1-2H3. The van der Waals surface area contributed by atoms with Gasteiger partial charge >= 0.3 is 0 Å². The van der Waals surface area contributed by atoms with Gasteiger partial charge in [-0.1, -0.05) is 13.3 Å². The summed E-state index contributed by atoms with van der Waals surface area (Å²) in [4.78, 5) is 0. The largest absolute Gasteiger partial charge is 0.393 e. The van der Waals surface area contributed by atoms with Crippen LogP contribution in [0.5, 0.6) is 0 Å². The van der Waals surface area contributed by atoms with Crippen molar-refractivity contribution in [2.75, 3.05) is 13.1 Å². The zero-order valence-corrected chi connectivity index (χ0v) is 8.27. The molecule has 2 heteroatoms. The molecule has 0 bridgehead atoms. The van der Waals surface area contributed by atoms with Gasteiger partial charge in [-0.25, -0.2) is 0 Å². The van der Waals surface area contributed by atoms with Crippen LogP contribution >= 0.6 is 0 Å². The number of hydrogen-bond donors (Lipinski definition) is 2. The number of hydrogen-bond acceptors (Lipinski definition) is 2. The Hall–Kier alpha value is -0.0800. The fourth-order valence-corrected chi connectivity index (χ4v) is 2.30. The molecule has 72 valence electrons. The molecule has 2 nitrogen and oxygen atoms in total. The first-order valence-corrected chi connectivity index (χ1v) is 5.10. The van der Waals surface area contributed by atoms with Crippen molar-refractivity contribution in [1.82, 2.24) is 5.32 Å². The van der Waals surface area contributed by atoms with Gasteiger partial charge in [0, 0.05) is 0 Å². The van der Waals surface area contributed by atoms with Crippen LogP contribution in [0.25, 0.3) is 0 Å². The first-order valence-electron chi connectivity index (χ1n) is 5.10. The van der Waals surface area contributed by atoms with E-state index in [0.29, 0.717) is 0 Å². The van der Waals surface area contributed by atoms with Gasteiger partial charge in [-0.2, -0.15) is 0 Å². The van der Waals surface area contributed by atoms with Crippen molar-refractivity contribution >= 4 is 0 Å². The molecule has 2 N–H and O–H groups in total. The molecule has 1 aliphatic rings. The molecular weight excluding hydrogens is 150 g/mol. The quantitative estimate of drug-likeness (QED) is 0.675. The van der Waals surface area contributed by atoms with Crippen LogP contribution in [-0.2, 0) is 0 Å². The molecule has 1 rings (SSSR count). The molecular formula is C10H21NO. The van der Waals surface area contributed by atoms with Gasteiger partial charge in [0.15, 0.2) is 0 Å². The van der Waals surface area contributed by atoms with Crippen molar-refractivity contribution in [2.45, 2.75) is 45.6 Å². The maximum absolute atomic E-state index is 9.73. The maximum atomic E-state index is 9.73. The van der Waals surface area contributed by atoms with Gasteiger partial charge in [-0.05, 0) is 44.7 Å². The van der Waals surface area contributed by atoms with Crippen molar-refractivity contribution in [3.63, 3.8) is 0 Å². The first kappa shape index (κ1) is 10.0. The smallest absolute Gasteiger partial charge is 0.0569 e. The zero-order chi connectivity index (χ0) is 9.03. The lowest BCUT2D eigenvalue weighted by molar-refractivity contribution is 0.00663. The van der Waals surface area contributed by atoms with Gasteiger partial charge in [0.25, 0.3) is 0 Å². The van der Waals surface area contributed by atoms with E-state index in [-0.39, 0.29) is 11.5 Å². The van der Waals surface area contributed by atoms with E-state index in [9.17, 15) is 5.11 Å². The Balaban J connectivity index is 2.56. The average Bonchev–Trinajstić information content (AvgIpc) is 2.06. The third-order valence-electron chi connectivity index (χ3n) is 3.23. The predicted octanol–water partition coefficient (Wildman–Crippen LogP) is 1.54. The van der Waals surface area contributed by atoms with Gasteiger partial charge in [-0.15, -0.1) is 0 Å². The van der Waals surface area contributed by atoms with Crippen molar-refractivity contribution in [1.29, 1.82) is 0 Å². The van der Waals surface area contributed by atoms with Crippen LogP contribution < -0.4 is 5.32 Å². The van der Waals surface area contributed by atoms with E-state index in [1.807, 2.05) is 6.92 Å². The summed E-state index contributed by atoms with van der Waals surface area (Å²) < 4.78 is 0. The van der Waals surface area contributed by atoms with Crippen LogP contribution in [0.1, 0.15) is 39.5 Å². The molecule has 0 aliphatic carbocycles. The summed E-state index contributed by atoms with van der Waals surface area (Å²) in [6, 6.07) is 0. The molecule has 12 heavy (non-hydrogen) atoms. The van der Waals surface area contributed by atoms with E-state index in [1.165, 1.54) is 12.8 Å². The Bertz CT molecular complexity index is 122. The number of aliphatic hydroxyl groups is 1. The summed E-state index contributed by atoms with van der Waals surface area (Å²) in [5, 5.41) is 13.1. The molecule has 0 radical (unpaired) electrons. The molecule has 1 atom stereocenters. The summed E-state index contributed by atoms with van der Waals surface area (Å²) >= 11 is 0. The van der Waals surface area contributed by atoms with Crippen molar-refractivity contribution < 1.29 is 5.11 Å². The minimum Gasteiger partial charge on any atom is -0.393 e. The van der Waals surface area contributed by atoms with E-state index < -0.39 is 0 Å². The zero-order valence-electron chi connectivity index (χ0n) is 8.27. The highest BCUT2D eigenvalue weighted by Crippen LogP contribution is 2.37. The number of aliphatic hydroxyl groups excluding tert-OH is 1. The highest BCUT2D eigenvalue weighted by atomic mass is 16.3. The van der Waals surface area contributed by atoms with Gasteiger partial charge in [0.2, 0.25) is 0 Å². The molecule has 0 aromatic heterocycles. The second-order valence-electron chi connectivity index (χ2n) is 4.04. The van der Waals surface area contributed by atoms with Crippen LogP contribution in [0.4, 0.5) is 0 Å². The van der Waals surface area contributed by atoms with Crippen LogP contribution in [-0.4, -0.2) is 24.3 Å². The molecule has 0 saturated carbocycles. The third kappa shape index (κ3) is 1.99. The fraction of sp³-hybridized carbons (Fsp3) is 1.00. The lowest BCUT2D eigenvalue weighted by Crippen LogP contribution is -2.43. The average molecular weight is 171 g/mol. The SMILES string of the molecule is CCCC1(C(C)O)CCNCC1. The molecule has 1 unspecified atom stereocenters. The number of piperidine rings is 1. The number of nitrogens with one attached hydrogen (secondary N) is 1. The fourth-order valence-electron chi connectivity index (χ4n) is 2.30. The molecule has 1 heterocycles.